The minimum atomic E-state index is -0.0227. The molecule has 0 amide bonds. The number of carbonyl (C=O) groups excluding carboxylic acids is 1. The van der Waals surface area contributed by atoms with Crippen LogP contribution in [0.25, 0.3) is 11.0 Å². The molecule has 3 rings (SSSR count). The lowest BCUT2D eigenvalue weighted by atomic mass is 10.3. The highest BCUT2D eigenvalue weighted by atomic mass is 32.2. The van der Waals surface area contributed by atoms with E-state index in [-0.39, 0.29) is 18.5 Å². The highest BCUT2D eigenvalue weighted by Crippen LogP contribution is 2.19. The summed E-state index contributed by atoms with van der Waals surface area (Å²) in [6.45, 7) is 4.25. The van der Waals surface area contributed by atoms with Crippen LogP contribution in [0.5, 0.6) is 0 Å². The summed E-state index contributed by atoms with van der Waals surface area (Å²) in [5, 5.41) is 0. The monoisotopic (exact) mass is 354 g/mol. The second-order valence-electron chi connectivity index (χ2n) is 6.08. The van der Waals surface area contributed by atoms with Crippen LogP contribution in [-0.2, 0) is 12.3 Å². The largest absolute Gasteiger partial charge is 0.318 e. The number of fused-ring (bicyclic) bond motifs is 1. The Balaban J connectivity index is 2.02. The molecule has 0 fully saturated rings. The Morgan fingerprint density at radius 3 is 2.72 bits per heavy atom. The zero-order valence-electron chi connectivity index (χ0n) is 14.7. The van der Waals surface area contributed by atoms with Crippen LogP contribution in [0.4, 0.5) is 0 Å². The van der Waals surface area contributed by atoms with Crippen LogP contribution < -0.4 is 5.49 Å². The molecule has 3 aromatic rings. The molecule has 2 heterocycles. The molecule has 0 unspecified atom stereocenters. The Labute approximate surface area is 151 Å². The number of pyridine rings is 1. The van der Waals surface area contributed by atoms with E-state index in [0.717, 1.165) is 22.6 Å². The molecule has 0 aliphatic carbocycles. The standard InChI is InChI=1S/C19H22N4OS/c1-14(2)20-17-10-6-7-11-22(17)19(24)12-23-16-9-5-4-8-15(16)21-18(23)13-25-3/h4-11,14H,12-13H2,1-3H3. The van der Waals surface area contributed by atoms with Gasteiger partial charge in [0.2, 0.25) is 0 Å². The van der Waals surface area contributed by atoms with Crippen molar-refractivity contribution in [1.82, 2.24) is 14.1 Å². The van der Waals surface area contributed by atoms with E-state index in [1.807, 2.05) is 67.1 Å². The summed E-state index contributed by atoms with van der Waals surface area (Å²) < 4.78 is 3.63. The molecule has 0 aliphatic heterocycles. The van der Waals surface area contributed by atoms with Crippen LogP contribution in [0, 0.1) is 0 Å². The first-order chi connectivity index (χ1) is 12.1. The molecule has 0 atom stereocenters. The zero-order chi connectivity index (χ0) is 17.8. The highest BCUT2D eigenvalue weighted by Gasteiger charge is 2.14. The number of para-hydroxylation sites is 2. The lowest BCUT2D eigenvalue weighted by Crippen LogP contribution is -2.30. The topological polar surface area (TPSA) is 52.2 Å². The van der Waals surface area contributed by atoms with Crippen molar-refractivity contribution in [3.8, 4) is 0 Å². The Morgan fingerprint density at radius 2 is 1.96 bits per heavy atom. The van der Waals surface area contributed by atoms with Crippen molar-refractivity contribution in [2.75, 3.05) is 6.26 Å². The van der Waals surface area contributed by atoms with Crippen molar-refractivity contribution in [2.45, 2.75) is 32.2 Å². The first-order valence-corrected chi connectivity index (χ1v) is 9.67. The molecule has 0 radical (unpaired) electrons. The molecule has 1 aromatic carbocycles. The maximum atomic E-state index is 13.0. The molecule has 0 spiro atoms. The summed E-state index contributed by atoms with van der Waals surface area (Å²) in [7, 11) is 0. The Morgan fingerprint density at radius 1 is 1.20 bits per heavy atom. The predicted molar refractivity (Wildman–Crippen MR) is 103 cm³/mol. The van der Waals surface area contributed by atoms with Crippen molar-refractivity contribution in [1.29, 1.82) is 0 Å². The van der Waals surface area contributed by atoms with Crippen LogP contribution >= 0.6 is 11.8 Å². The first-order valence-electron chi connectivity index (χ1n) is 8.28. The highest BCUT2D eigenvalue weighted by molar-refractivity contribution is 7.97. The minimum absolute atomic E-state index is 0.0227. The van der Waals surface area contributed by atoms with Gasteiger partial charge in [0.15, 0.2) is 0 Å². The van der Waals surface area contributed by atoms with Gasteiger partial charge in [-0.1, -0.05) is 18.2 Å². The van der Waals surface area contributed by atoms with Crippen LogP contribution in [-0.4, -0.2) is 32.3 Å². The van der Waals surface area contributed by atoms with E-state index in [1.165, 1.54) is 0 Å². The van der Waals surface area contributed by atoms with Crippen molar-refractivity contribution >= 4 is 28.7 Å². The van der Waals surface area contributed by atoms with Crippen LogP contribution in [0.15, 0.2) is 53.7 Å². The molecule has 0 saturated heterocycles. The van der Waals surface area contributed by atoms with Gasteiger partial charge in [-0.2, -0.15) is 11.8 Å². The lowest BCUT2D eigenvalue weighted by molar-refractivity contribution is 0.0886. The zero-order valence-corrected chi connectivity index (χ0v) is 15.5. The molecule has 25 heavy (non-hydrogen) atoms. The molecule has 2 aromatic heterocycles. The van der Waals surface area contributed by atoms with Crippen molar-refractivity contribution in [2.24, 2.45) is 4.99 Å². The molecular weight excluding hydrogens is 332 g/mol. The number of hydrogen-bond donors (Lipinski definition) is 0. The van der Waals surface area contributed by atoms with E-state index in [2.05, 4.69) is 9.98 Å². The van der Waals surface area contributed by atoms with E-state index in [0.29, 0.717) is 5.49 Å². The number of nitrogens with zero attached hydrogens (tertiary/aromatic N) is 4. The number of aromatic nitrogens is 3. The average molecular weight is 354 g/mol. The number of rotatable bonds is 5. The molecular formula is C19H22N4OS. The molecule has 0 saturated carbocycles. The normalized spacial score (nSPS) is 12.2. The van der Waals surface area contributed by atoms with Gasteiger partial charge in [-0.3, -0.25) is 14.4 Å². The van der Waals surface area contributed by atoms with Crippen LogP contribution in [0.2, 0.25) is 0 Å². The second-order valence-corrected chi connectivity index (χ2v) is 6.95. The smallest absolute Gasteiger partial charge is 0.252 e. The van der Waals surface area contributed by atoms with Gasteiger partial charge >= 0.3 is 0 Å². The van der Waals surface area contributed by atoms with E-state index in [1.54, 1.807) is 22.5 Å². The fourth-order valence-electron chi connectivity index (χ4n) is 2.77. The Bertz CT molecular complexity index is 955. The van der Waals surface area contributed by atoms with E-state index in [4.69, 9.17) is 0 Å². The summed E-state index contributed by atoms with van der Waals surface area (Å²) in [6, 6.07) is 13.7. The Kier molecular flexibility index (Phi) is 5.38. The van der Waals surface area contributed by atoms with Gasteiger partial charge < -0.3 is 4.57 Å². The summed E-state index contributed by atoms with van der Waals surface area (Å²) in [5.41, 5.74) is 2.58. The summed E-state index contributed by atoms with van der Waals surface area (Å²) in [6.07, 6.45) is 3.81. The lowest BCUT2D eigenvalue weighted by Gasteiger charge is -2.11. The van der Waals surface area contributed by atoms with Gasteiger partial charge in [-0.15, -0.1) is 0 Å². The quantitative estimate of drug-likeness (QED) is 0.706. The van der Waals surface area contributed by atoms with Gasteiger partial charge in [-0.25, -0.2) is 4.98 Å². The van der Waals surface area contributed by atoms with Crippen molar-refractivity contribution in [3.63, 3.8) is 0 Å². The molecule has 130 valence electrons. The predicted octanol–water partition coefficient (Wildman–Crippen LogP) is 3.35. The Hall–Kier alpha value is -2.34. The first kappa shape index (κ1) is 17.5. The van der Waals surface area contributed by atoms with Gasteiger partial charge in [0.05, 0.1) is 16.8 Å². The van der Waals surface area contributed by atoms with Gasteiger partial charge in [0.25, 0.3) is 5.91 Å². The number of thioether (sulfide) groups is 1. The van der Waals surface area contributed by atoms with E-state index >= 15 is 0 Å². The molecule has 0 bridgehead atoms. The van der Waals surface area contributed by atoms with Gasteiger partial charge in [0, 0.05) is 12.2 Å². The summed E-state index contributed by atoms with van der Waals surface area (Å²) in [5.74, 6) is 1.66. The molecule has 0 aliphatic rings. The number of hydrogen-bond acceptors (Lipinski definition) is 4. The van der Waals surface area contributed by atoms with Crippen molar-refractivity contribution in [3.05, 3.63) is 60.0 Å². The SMILES string of the molecule is CSCc1nc2ccccc2n1CC(=O)n1ccccc1=NC(C)C. The number of benzene rings is 1. The maximum Gasteiger partial charge on any atom is 0.252 e. The second kappa shape index (κ2) is 7.70. The summed E-state index contributed by atoms with van der Waals surface area (Å²) in [4.78, 5) is 22.2. The third-order valence-electron chi connectivity index (χ3n) is 3.80. The van der Waals surface area contributed by atoms with Gasteiger partial charge in [-0.05, 0) is 44.4 Å². The maximum absolute atomic E-state index is 13.0. The third-order valence-corrected chi connectivity index (χ3v) is 4.34. The molecule has 0 N–H and O–H groups in total. The number of carbonyl (C=O) groups is 1. The summed E-state index contributed by atoms with van der Waals surface area (Å²) >= 11 is 1.70. The van der Waals surface area contributed by atoms with Crippen LogP contribution in [0.3, 0.4) is 0 Å². The van der Waals surface area contributed by atoms with Crippen LogP contribution in [0.1, 0.15) is 24.5 Å². The van der Waals surface area contributed by atoms with E-state index < -0.39 is 0 Å². The molecule has 6 heteroatoms. The van der Waals surface area contributed by atoms with E-state index in [9.17, 15) is 4.79 Å². The average Bonchev–Trinajstić information content (AvgIpc) is 2.93. The fraction of sp³-hybridized carbons (Fsp3) is 0.316. The fourth-order valence-corrected chi connectivity index (χ4v) is 3.25. The van der Waals surface area contributed by atoms with Gasteiger partial charge in [0.1, 0.15) is 17.9 Å². The third kappa shape index (κ3) is 3.85. The minimum Gasteiger partial charge on any atom is -0.318 e. The van der Waals surface area contributed by atoms with Crippen molar-refractivity contribution < 1.29 is 4.79 Å². The number of imidazole rings is 1. The molecule has 5 nitrogen and oxygen atoms in total.